The van der Waals surface area contributed by atoms with Crippen molar-refractivity contribution in [3.63, 3.8) is 0 Å². The van der Waals surface area contributed by atoms with E-state index in [-0.39, 0.29) is 12.5 Å². The third-order valence-electron chi connectivity index (χ3n) is 5.33. The second-order valence-corrected chi connectivity index (χ2v) is 7.39. The SMILES string of the molecule is CCCC(NC(=O)OCC1c2ccccc2-c2ccccc21)C(=O)N[C@@H](CO)C(=O)O. The fraction of sp³-hybridized carbons (Fsp3) is 0.348. The van der Waals surface area contributed by atoms with Gasteiger partial charge in [0, 0.05) is 5.92 Å². The first-order chi connectivity index (χ1) is 15.0. The molecule has 0 radical (unpaired) electrons. The largest absolute Gasteiger partial charge is 0.480 e. The Morgan fingerprint density at radius 3 is 2.06 bits per heavy atom. The average molecular weight is 426 g/mol. The number of carboxylic acid groups (broad SMARTS) is 1. The van der Waals surface area contributed by atoms with Crippen molar-refractivity contribution < 1.29 is 29.3 Å². The molecule has 1 aliphatic carbocycles. The molecule has 0 saturated carbocycles. The summed E-state index contributed by atoms with van der Waals surface area (Å²) in [7, 11) is 0. The van der Waals surface area contributed by atoms with Crippen LogP contribution in [0.4, 0.5) is 4.79 Å². The van der Waals surface area contributed by atoms with E-state index in [9.17, 15) is 14.4 Å². The lowest BCUT2D eigenvalue weighted by atomic mass is 9.98. The first-order valence-electron chi connectivity index (χ1n) is 10.2. The van der Waals surface area contributed by atoms with Gasteiger partial charge in [0.05, 0.1) is 6.61 Å². The van der Waals surface area contributed by atoms with Crippen molar-refractivity contribution in [1.82, 2.24) is 10.6 Å². The van der Waals surface area contributed by atoms with Crippen molar-refractivity contribution in [2.45, 2.75) is 37.8 Å². The van der Waals surface area contributed by atoms with Crippen molar-refractivity contribution in [1.29, 1.82) is 0 Å². The van der Waals surface area contributed by atoms with Gasteiger partial charge in [0.25, 0.3) is 0 Å². The zero-order valence-corrected chi connectivity index (χ0v) is 17.2. The molecule has 1 unspecified atom stereocenters. The summed E-state index contributed by atoms with van der Waals surface area (Å²) in [5, 5.41) is 22.8. The molecule has 8 nitrogen and oxygen atoms in total. The molecule has 31 heavy (non-hydrogen) atoms. The average Bonchev–Trinajstić information content (AvgIpc) is 3.09. The summed E-state index contributed by atoms with van der Waals surface area (Å²) < 4.78 is 5.45. The summed E-state index contributed by atoms with van der Waals surface area (Å²) >= 11 is 0. The third-order valence-corrected chi connectivity index (χ3v) is 5.33. The van der Waals surface area contributed by atoms with Gasteiger partial charge in [0.1, 0.15) is 18.7 Å². The van der Waals surface area contributed by atoms with Crippen LogP contribution < -0.4 is 10.6 Å². The van der Waals surface area contributed by atoms with Gasteiger partial charge in [-0.1, -0.05) is 61.9 Å². The molecular formula is C23H26N2O6. The normalized spacial score (nSPS) is 14.1. The van der Waals surface area contributed by atoms with Crippen LogP contribution in [0.3, 0.4) is 0 Å². The van der Waals surface area contributed by atoms with Gasteiger partial charge in [-0.3, -0.25) is 4.79 Å². The summed E-state index contributed by atoms with van der Waals surface area (Å²) in [6.07, 6.45) is 0.123. The van der Waals surface area contributed by atoms with Crippen molar-refractivity contribution in [3.05, 3.63) is 59.7 Å². The Bertz CT molecular complexity index is 915. The summed E-state index contributed by atoms with van der Waals surface area (Å²) in [4.78, 5) is 35.8. The molecule has 1 aliphatic rings. The van der Waals surface area contributed by atoms with Gasteiger partial charge in [0.2, 0.25) is 5.91 Å². The number of carboxylic acids is 1. The number of carbonyl (C=O) groups is 3. The first kappa shape index (κ1) is 22.3. The minimum absolute atomic E-state index is 0.106. The lowest BCUT2D eigenvalue weighted by Crippen LogP contribution is -2.52. The van der Waals surface area contributed by atoms with E-state index in [0.29, 0.717) is 12.8 Å². The highest BCUT2D eigenvalue weighted by Crippen LogP contribution is 2.44. The highest BCUT2D eigenvalue weighted by Gasteiger charge is 2.30. The fourth-order valence-corrected chi connectivity index (χ4v) is 3.80. The fourth-order valence-electron chi connectivity index (χ4n) is 3.80. The zero-order chi connectivity index (χ0) is 22.4. The maximum Gasteiger partial charge on any atom is 0.407 e. The molecule has 0 heterocycles. The Labute approximate surface area is 180 Å². The number of benzene rings is 2. The van der Waals surface area contributed by atoms with Gasteiger partial charge in [0.15, 0.2) is 0 Å². The van der Waals surface area contributed by atoms with Crippen LogP contribution in [-0.4, -0.2) is 53.5 Å². The van der Waals surface area contributed by atoms with E-state index in [4.69, 9.17) is 14.9 Å². The highest BCUT2D eigenvalue weighted by atomic mass is 16.5. The topological polar surface area (TPSA) is 125 Å². The minimum atomic E-state index is -1.43. The van der Waals surface area contributed by atoms with E-state index in [0.717, 1.165) is 22.3 Å². The Hall–Kier alpha value is -3.39. The Kier molecular flexibility index (Phi) is 7.25. The van der Waals surface area contributed by atoms with Gasteiger partial charge in [-0.05, 0) is 28.7 Å². The number of amides is 2. The van der Waals surface area contributed by atoms with Gasteiger partial charge in [-0.2, -0.15) is 0 Å². The number of aliphatic hydroxyl groups excluding tert-OH is 1. The van der Waals surface area contributed by atoms with Gasteiger partial charge < -0.3 is 25.6 Å². The molecule has 2 atom stereocenters. The van der Waals surface area contributed by atoms with E-state index >= 15 is 0 Å². The Morgan fingerprint density at radius 2 is 1.55 bits per heavy atom. The molecule has 0 aromatic heterocycles. The predicted molar refractivity (Wildman–Crippen MR) is 114 cm³/mol. The summed E-state index contributed by atoms with van der Waals surface area (Å²) in [5.74, 6) is -2.15. The number of fused-ring (bicyclic) bond motifs is 3. The predicted octanol–water partition coefficient (Wildman–Crippen LogP) is 2.26. The molecule has 0 fully saturated rings. The molecule has 0 saturated heterocycles. The summed E-state index contributed by atoms with van der Waals surface area (Å²) in [6, 6.07) is 13.5. The number of rotatable bonds is 9. The van der Waals surface area contributed by atoms with Crippen molar-refractivity contribution in [2.75, 3.05) is 13.2 Å². The highest BCUT2D eigenvalue weighted by molar-refractivity contribution is 5.89. The lowest BCUT2D eigenvalue weighted by Gasteiger charge is -2.21. The van der Waals surface area contributed by atoms with E-state index in [1.165, 1.54) is 0 Å². The molecule has 4 N–H and O–H groups in total. The van der Waals surface area contributed by atoms with E-state index in [1.807, 2.05) is 55.5 Å². The van der Waals surface area contributed by atoms with Crippen LogP contribution in [0.1, 0.15) is 36.8 Å². The monoisotopic (exact) mass is 426 g/mol. The molecule has 8 heteroatoms. The van der Waals surface area contributed by atoms with E-state index in [2.05, 4.69) is 10.6 Å². The lowest BCUT2D eigenvalue weighted by molar-refractivity contribution is -0.143. The van der Waals surface area contributed by atoms with Crippen LogP contribution in [0, 0.1) is 0 Å². The smallest absolute Gasteiger partial charge is 0.407 e. The quantitative estimate of drug-likeness (QED) is 0.487. The minimum Gasteiger partial charge on any atom is -0.480 e. The van der Waals surface area contributed by atoms with Crippen LogP contribution in [0.25, 0.3) is 11.1 Å². The van der Waals surface area contributed by atoms with E-state index < -0.39 is 36.7 Å². The van der Waals surface area contributed by atoms with Gasteiger partial charge >= 0.3 is 12.1 Å². The number of hydrogen-bond donors (Lipinski definition) is 4. The molecule has 2 aromatic carbocycles. The maximum absolute atomic E-state index is 12.4. The molecule has 2 amide bonds. The number of aliphatic carboxylic acids is 1. The maximum atomic E-state index is 12.4. The van der Waals surface area contributed by atoms with Crippen molar-refractivity contribution in [3.8, 4) is 11.1 Å². The van der Waals surface area contributed by atoms with Crippen LogP contribution in [-0.2, 0) is 14.3 Å². The molecule has 0 spiro atoms. The number of nitrogens with one attached hydrogen (secondary N) is 2. The van der Waals surface area contributed by atoms with Crippen LogP contribution >= 0.6 is 0 Å². The van der Waals surface area contributed by atoms with Gasteiger partial charge in [-0.15, -0.1) is 0 Å². The molecule has 164 valence electrons. The third kappa shape index (κ3) is 5.03. The zero-order valence-electron chi connectivity index (χ0n) is 17.2. The van der Waals surface area contributed by atoms with Gasteiger partial charge in [-0.25, -0.2) is 9.59 Å². The van der Waals surface area contributed by atoms with Crippen molar-refractivity contribution in [2.24, 2.45) is 0 Å². The Morgan fingerprint density at radius 1 is 0.968 bits per heavy atom. The second-order valence-electron chi connectivity index (χ2n) is 7.39. The van der Waals surface area contributed by atoms with Crippen LogP contribution in [0.5, 0.6) is 0 Å². The molecule has 2 aromatic rings. The number of hydrogen-bond acceptors (Lipinski definition) is 5. The molecular weight excluding hydrogens is 400 g/mol. The van der Waals surface area contributed by atoms with Crippen LogP contribution in [0.2, 0.25) is 0 Å². The number of ether oxygens (including phenoxy) is 1. The van der Waals surface area contributed by atoms with Crippen molar-refractivity contribution >= 4 is 18.0 Å². The van der Waals surface area contributed by atoms with E-state index in [1.54, 1.807) is 0 Å². The molecule has 0 bridgehead atoms. The molecule has 0 aliphatic heterocycles. The number of aliphatic hydroxyl groups is 1. The standard InChI is InChI=1S/C23H26N2O6/c1-2-7-19(21(27)24-20(12-26)22(28)29)25-23(30)31-13-18-16-10-5-3-8-14(16)15-9-4-6-11-17(15)18/h3-6,8-11,18-20,26H,2,7,12-13H2,1H3,(H,24,27)(H,25,30)(H,28,29)/t19?,20-/m0/s1. The first-order valence-corrected chi connectivity index (χ1v) is 10.2. The van der Waals surface area contributed by atoms with Crippen LogP contribution in [0.15, 0.2) is 48.5 Å². The number of carbonyl (C=O) groups excluding carboxylic acids is 2. The summed E-state index contributed by atoms with van der Waals surface area (Å²) in [5.41, 5.74) is 4.37. The number of alkyl carbamates (subject to hydrolysis) is 1. The second kappa shape index (κ2) is 10.1. The molecule has 3 rings (SSSR count). The summed E-state index contributed by atoms with van der Waals surface area (Å²) in [6.45, 7) is 1.19. The Balaban J connectivity index is 1.64.